The van der Waals surface area contributed by atoms with Gasteiger partial charge in [-0.1, -0.05) is 24.3 Å². The molecule has 0 atom stereocenters. The summed E-state index contributed by atoms with van der Waals surface area (Å²) in [6.45, 7) is 0. The maximum absolute atomic E-state index is 11.7. The predicted octanol–water partition coefficient (Wildman–Crippen LogP) is 2.53. The van der Waals surface area contributed by atoms with E-state index in [4.69, 9.17) is 11.6 Å². The molecule has 0 aliphatic carbocycles. The van der Waals surface area contributed by atoms with Crippen molar-refractivity contribution >= 4 is 43.4 Å². The summed E-state index contributed by atoms with van der Waals surface area (Å²) >= 11 is 5.54. The molecular weight excluding hydrogens is 302 g/mol. The van der Waals surface area contributed by atoms with Crippen LogP contribution < -0.4 is 4.90 Å². The highest BCUT2D eigenvalue weighted by atomic mass is 35.5. The summed E-state index contributed by atoms with van der Waals surface area (Å²) in [5.41, 5.74) is -0.00818. The van der Waals surface area contributed by atoms with Crippen molar-refractivity contribution in [3.8, 4) is 0 Å². The Morgan fingerprint density at radius 3 is 2.35 bits per heavy atom. The Morgan fingerprint density at radius 1 is 1.25 bits per heavy atom. The van der Waals surface area contributed by atoms with Crippen LogP contribution in [0.1, 0.15) is 10.4 Å². The van der Waals surface area contributed by atoms with Gasteiger partial charge in [0.15, 0.2) is 0 Å². The van der Waals surface area contributed by atoms with E-state index in [1.54, 1.807) is 44.4 Å². The monoisotopic (exact) mass is 313 g/mol. The molecular formula is C13H12ClNO4S. The van der Waals surface area contributed by atoms with Crippen LogP contribution in [0.2, 0.25) is 0 Å². The van der Waals surface area contributed by atoms with E-state index in [0.717, 1.165) is 0 Å². The predicted molar refractivity (Wildman–Crippen MR) is 78.3 cm³/mol. The molecule has 0 bridgehead atoms. The standard InChI is InChI=1S/C13H12ClNO4S/c1-15(2)10-7-8-5-3-4-6-9(8)11(13(14)16)12(10)20(17,18)19/h3-7H,1-2H3,(H,17,18,19). The van der Waals surface area contributed by atoms with E-state index in [0.29, 0.717) is 10.8 Å². The quantitative estimate of drug-likeness (QED) is 0.696. The Hall–Kier alpha value is -1.63. The topological polar surface area (TPSA) is 74.7 Å². The number of hydrogen-bond acceptors (Lipinski definition) is 4. The first kappa shape index (κ1) is 14.8. The van der Waals surface area contributed by atoms with Crippen LogP contribution in [-0.4, -0.2) is 32.3 Å². The molecule has 0 aromatic heterocycles. The minimum absolute atomic E-state index is 0.204. The van der Waals surface area contributed by atoms with Crippen molar-refractivity contribution in [3.05, 3.63) is 35.9 Å². The van der Waals surface area contributed by atoms with Gasteiger partial charge in [0.25, 0.3) is 15.4 Å². The van der Waals surface area contributed by atoms with Crippen LogP contribution in [0.5, 0.6) is 0 Å². The number of fused-ring (bicyclic) bond motifs is 1. The smallest absolute Gasteiger partial charge is 0.297 e. The van der Waals surface area contributed by atoms with Crippen LogP contribution in [-0.2, 0) is 10.1 Å². The first-order valence-corrected chi connectivity index (χ1v) is 7.45. The fourth-order valence-corrected chi connectivity index (χ4v) is 3.32. The second-order valence-electron chi connectivity index (χ2n) is 4.46. The lowest BCUT2D eigenvalue weighted by Crippen LogP contribution is -2.16. The zero-order chi connectivity index (χ0) is 15.1. The van der Waals surface area contributed by atoms with Gasteiger partial charge in [0.2, 0.25) is 0 Å². The molecule has 0 spiro atoms. The van der Waals surface area contributed by atoms with Crippen LogP contribution in [0, 0.1) is 0 Å². The summed E-state index contributed by atoms with van der Waals surface area (Å²) in [4.78, 5) is 12.7. The van der Waals surface area contributed by atoms with Gasteiger partial charge < -0.3 is 4.90 Å². The second kappa shape index (κ2) is 5.05. The molecule has 0 saturated carbocycles. The number of carbonyl (C=O) groups is 1. The van der Waals surface area contributed by atoms with Gasteiger partial charge in [-0.05, 0) is 28.4 Å². The molecule has 2 aromatic carbocycles. The van der Waals surface area contributed by atoms with Crippen molar-refractivity contribution in [2.45, 2.75) is 4.90 Å². The van der Waals surface area contributed by atoms with Crippen molar-refractivity contribution < 1.29 is 17.8 Å². The Labute approximate surface area is 121 Å². The number of benzene rings is 2. The lowest BCUT2D eigenvalue weighted by molar-refractivity contribution is 0.107. The highest BCUT2D eigenvalue weighted by molar-refractivity contribution is 7.86. The van der Waals surface area contributed by atoms with Crippen molar-refractivity contribution in [1.29, 1.82) is 0 Å². The lowest BCUT2D eigenvalue weighted by Gasteiger charge is -2.19. The number of nitrogens with zero attached hydrogens (tertiary/aromatic N) is 1. The molecule has 106 valence electrons. The fourth-order valence-electron chi connectivity index (χ4n) is 2.10. The van der Waals surface area contributed by atoms with Gasteiger partial charge in [-0.15, -0.1) is 0 Å². The molecule has 5 nitrogen and oxygen atoms in total. The molecule has 0 heterocycles. The van der Waals surface area contributed by atoms with Gasteiger partial charge in [-0.2, -0.15) is 8.42 Å². The number of anilines is 1. The third-order valence-corrected chi connectivity index (χ3v) is 4.04. The van der Waals surface area contributed by atoms with E-state index >= 15 is 0 Å². The molecule has 0 unspecified atom stereocenters. The van der Waals surface area contributed by atoms with Gasteiger partial charge in [0.1, 0.15) is 4.90 Å². The molecule has 7 heteroatoms. The number of rotatable bonds is 3. The molecule has 1 N–H and O–H groups in total. The van der Waals surface area contributed by atoms with Crippen molar-refractivity contribution in [3.63, 3.8) is 0 Å². The maximum atomic E-state index is 11.7. The average molecular weight is 314 g/mol. The van der Waals surface area contributed by atoms with E-state index < -0.39 is 20.3 Å². The third-order valence-electron chi connectivity index (χ3n) is 2.92. The zero-order valence-corrected chi connectivity index (χ0v) is 12.4. The van der Waals surface area contributed by atoms with Crippen LogP contribution >= 0.6 is 11.6 Å². The van der Waals surface area contributed by atoms with Crippen LogP contribution in [0.3, 0.4) is 0 Å². The number of carbonyl (C=O) groups excluding carboxylic acids is 1. The Balaban J connectivity index is 3.10. The molecule has 0 aliphatic heterocycles. The summed E-state index contributed by atoms with van der Waals surface area (Å²) in [5, 5.41) is 0.107. The van der Waals surface area contributed by atoms with E-state index in [2.05, 4.69) is 0 Å². The lowest BCUT2D eigenvalue weighted by atomic mass is 10.0. The minimum atomic E-state index is -4.59. The molecule has 0 saturated heterocycles. The van der Waals surface area contributed by atoms with Crippen molar-refractivity contribution in [2.75, 3.05) is 19.0 Å². The van der Waals surface area contributed by atoms with E-state index in [1.807, 2.05) is 0 Å². The SMILES string of the molecule is CN(C)c1cc2ccccc2c(C(=O)Cl)c1S(=O)(=O)O. The minimum Gasteiger partial charge on any atom is -0.376 e. The Kier molecular flexibility index (Phi) is 3.73. The normalized spacial score (nSPS) is 11.6. The molecule has 2 rings (SSSR count). The molecule has 20 heavy (non-hydrogen) atoms. The second-order valence-corrected chi connectivity index (χ2v) is 6.17. The largest absolute Gasteiger partial charge is 0.376 e. The summed E-state index contributed by atoms with van der Waals surface area (Å²) in [5.74, 6) is 0. The number of hydrogen-bond donors (Lipinski definition) is 1. The average Bonchev–Trinajstić information content (AvgIpc) is 2.34. The molecule has 0 aliphatic rings. The van der Waals surface area contributed by atoms with Crippen LogP contribution in [0.25, 0.3) is 10.8 Å². The van der Waals surface area contributed by atoms with Crippen molar-refractivity contribution in [2.24, 2.45) is 0 Å². The van der Waals surface area contributed by atoms with Gasteiger partial charge >= 0.3 is 0 Å². The van der Waals surface area contributed by atoms with Gasteiger partial charge in [0.05, 0.1) is 11.3 Å². The van der Waals surface area contributed by atoms with Crippen LogP contribution in [0.4, 0.5) is 5.69 Å². The number of halogens is 1. The van der Waals surface area contributed by atoms with Crippen molar-refractivity contribution in [1.82, 2.24) is 0 Å². The van der Waals surface area contributed by atoms with Crippen LogP contribution in [0.15, 0.2) is 35.2 Å². The Morgan fingerprint density at radius 2 is 1.85 bits per heavy atom. The summed E-state index contributed by atoms with van der Waals surface area (Å²) in [6, 6.07) is 8.33. The molecule has 0 fully saturated rings. The van der Waals surface area contributed by atoms with Gasteiger partial charge in [-0.3, -0.25) is 9.35 Å². The van der Waals surface area contributed by atoms with Gasteiger partial charge in [0, 0.05) is 14.1 Å². The summed E-state index contributed by atoms with van der Waals surface area (Å²) < 4.78 is 32.7. The summed E-state index contributed by atoms with van der Waals surface area (Å²) in [6.07, 6.45) is 0. The molecule has 0 radical (unpaired) electrons. The fraction of sp³-hybridized carbons (Fsp3) is 0.154. The third kappa shape index (κ3) is 2.49. The summed E-state index contributed by atoms with van der Waals surface area (Å²) in [7, 11) is -1.37. The highest BCUT2D eigenvalue weighted by Crippen LogP contribution is 2.35. The maximum Gasteiger partial charge on any atom is 0.297 e. The van der Waals surface area contributed by atoms with E-state index in [-0.39, 0.29) is 11.3 Å². The van der Waals surface area contributed by atoms with Gasteiger partial charge in [-0.25, -0.2) is 0 Å². The molecule has 2 aromatic rings. The first-order chi connectivity index (χ1) is 9.23. The van der Waals surface area contributed by atoms with E-state index in [9.17, 15) is 17.8 Å². The van der Waals surface area contributed by atoms with E-state index in [1.165, 1.54) is 4.90 Å². The zero-order valence-electron chi connectivity index (χ0n) is 10.8. The molecule has 0 amide bonds. The first-order valence-electron chi connectivity index (χ1n) is 5.64. The Bertz CT molecular complexity index is 799. The highest BCUT2D eigenvalue weighted by Gasteiger charge is 2.27.